The summed E-state index contributed by atoms with van der Waals surface area (Å²) >= 11 is 0. The summed E-state index contributed by atoms with van der Waals surface area (Å²) in [6.07, 6.45) is 0.579. The second-order valence-electron chi connectivity index (χ2n) is 2.10. The predicted molar refractivity (Wildman–Crippen MR) is 39.2 cm³/mol. The average Bonchev–Trinajstić information content (AvgIpc) is 2.26. The molecule has 0 aromatic heterocycles. The van der Waals surface area contributed by atoms with E-state index in [1.807, 2.05) is 0 Å². The summed E-state index contributed by atoms with van der Waals surface area (Å²) in [6.45, 7) is 5.00. The number of rotatable bonds is 2. The van der Waals surface area contributed by atoms with E-state index in [0.717, 1.165) is 0 Å². The van der Waals surface area contributed by atoms with E-state index in [1.54, 1.807) is 13.0 Å². The minimum absolute atomic E-state index is 0.00231. The number of hydrogen-bond acceptors (Lipinski definition) is 2. The minimum Gasteiger partial charge on any atom is -0.395 e. The summed E-state index contributed by atoms with van der Waals surface area (Å²) in [5, 5.41) is 0. The zero-order valence-corrected chi connectivity index (χ0v) is 6.51. The van der Waals surface area contributed by atoms with Crippen molar-refractivity contribution in [1.82, 2.24) is 0 Å². The van der Waals surface area contributed by atoms with Crippen molar-refractivity contribution in [1.29, 1.82) is 0 Å². The van der Waals surface area contributed by atoms with Gasteiger partial charge in [-0.2, -0.15) is 0 Å². The van der Waals surface area contributed by atoms with Crippen LogP contribution in [-0.4, -0.2) is 6.29 Å². The molecule has 0 aliphatic carbocycles. The number of halogens is 2. The summed E-state index contributed by atoms with van der Waals surface area (Å²) in [5.41, 5.74) is 0. The molecule has 0 spiro atoms. The van der Waals surface area contributed by atoms with E-state index in [2.05, 4.69) is 16.1 Å². The topological polar surface area (TPSA) is 18.5 Å². The first-order valence-electron chi connectivity index (χ1n) is 3.34. The van der Waals surface area contributed by atoms with Crippen LogP contribution in [-0.2, 0) is 9.47 Å². The third-order valence-corrected chi connectivity index (χ3v) is 1.20. The van der Waals surface area contributed by atoms with Crippen molar-refractivity contribution in [2.45, 2.75) is 13.2 Å². The highest BCUT2D eigenvalue weighted by atomic mass is 19.3. The predicted octanol–water partition coefficient (Wildman–Crippen LogP) is 2.56. The van der Waals surface area contributed by atoms with Gasteiger partial charge in [0.25, 0.3) is 0 Å². The smallest absolute Gasteiger partial charge is 0.395 e. The Labute approximate surface area is 68.8 Å². The lowest BCUT2D eigenvalue weighted by atomic mass is 10.3. The van der Waals surface area contributed by atoms with Crippen LogP contribution in [0.1, 0.15) is 6.92 Å². The van der Waals surface area contributed by atoms with E-state index >= 15 is 0 Å². The van der Waals surface area contributed by atoms with E-state index in [9.17, 15) is 8.78 Å². The summed E-state index contributed by atoms with van der Waals surface area (Å²) in [5.74, 6) is -0.0457. The molecular formula is C8H8F2O2. The van der Waals surface area contributed by atoms with Gasteiger partial charge in [0.15, 0.2) is 11.5 Å². The lowest BCUT2D eigenvalue weighted by Crippen LogP contribution is -2.16. The SMILES string of the molecule is C=CC1=C(/C=C\C)OC(F)(F)O1. The van der Waals surface area contributed by atoms with E-state index in [0.29, 0.717) is 0 Å². The fraction of sp³-hybridized carbons (Fsp3) is 0.250. The Hall–Kier alpha value is -1.32. The van der Waals surface area contributed by atoms with Crippen molar-refractivity contribution in [3.63, 3.8) is 0 Å². The molecule has 0 aromatic rings. The molecule has 1 heterocycles. The fourth-order valence-electron chi connectivity index (χ4n) is 0.787. The van der Waals surface area contributed by atoms with Crippen molar-refractivity contribution in [2.75, 3.05) is 0 Å². The van der Waals surface area contributed by atoms with Gasteiger partial charge >= 0.3 is 6.29 Å². The molecule has 0 atom stereocenters. The molecule has 66 valence electrons. The Kier molecular flexibility index (Phi) is 2.17. The van der Waals surface area contributed by atoms with Crippen LogP contribution in [0.25, 0.3) is 0 Å². The van der Waals surface area contributed by atoms with E-state index in [1.165, 1.54) is 12.2 Å². The Morgan fingerprint density at radius 2 is 1.92 bits per heavy atom. The largest absolute Gasteiger partial charge is 0.586 e. The molecule has 1 aliphatic rings. The quantitative estimate of drug-likeness (QED) is 0.640. The molecule has 0 N–H and O–H groups in total. The Balaban J connectivity index is 2.87. The van der Waals surface area contributed by atoms with Gasteiger partial charge in [0, 0.05) is 0 Å². The van der Waals surface area contributed by atoms with Crippen LogP contribution in [0.5, 0.6) is 0 Å². The summed E-state index contributed by atoms with van der Waals surface area (Å²) in [6, 6.07) is 0. The lowest BCUT2D eigenvalue weighted by Gasteiger charge is -2.06. The molecule has 0 radical (unpaired) electrons. The van der Waals surface area contributed by atoms with E-state index in [4.69, 9.17) is 0 Å². The second-order valence-corrected chi connectivity index (χ2v) is 2.10. The monoisotopic (exact) mass is 174 g/mol. The zero-order chi connectivity index (χ0) is 9.19. The standard InChI is InChI=1S/C8H8F2O2/c1-3-5-7-6(4-2)11-8(9,10)12-7/h3-5H,2H2,1H3/b5-3-. The van der Waals surface area contributed by atoms with Crippen LogP contribution in [0.15, 0.2) is 36.3 Å². The van der Waals surface area contributed by atoms with Gasteiger partial charge < -0.3 is 9.47 Å². The highest BCUT2D eigenvalue weighted by molar-refractivity contribution is 5.25. The van der Waals surface area contributed by atoms with Gasteiger partial charge in [0.1, 0.15) is 0 Å². The Morgan fingerprint density at radius 1 is 1.33 bits per heavy atom. The molecule has 0 bridgehead atoms. The van der Waals surface area contributed by atoms with Crippen LogP contribution in [0, 0.1) is 0 Å². The van der Waals surface area contributed by atoms with Crippen LogP contribution >= 0.6 is 0 Å². The normalized spacial score (nSPS) is 20.9. The molecule has 0 saturated heterocycles. The number of alkyl halides is 2. The van der Waals surface area contributed by atoms with Gasteiger partial charge in [0.2, 0.25) is 0 Å². The first kappa shape index (κ1) is 8.77. The highest BCUT2D eigenvalue weighted by Gasteiger charge is 2.43. The maximum atomic E-state index is 12.4. The molecule has 0 aromatic carbocycles. The number of hydrogen-bond donors (Lipinski definition) is 0. The minimum atomic E-state index is -3.56. The molecule has 0 fully saturated rings. The van der Waals surface area contributed by atoms with E-state index < -0.39 is 6.29 Å². The Bertz CT molecular complexity index is 254. The number of ether oxygens (including phenoxy) is 2. The van der Waals surface area contributed by atoms with Gasteiger partial charge in [-0.1, -0.05) is 12.7 Å². The second kappa shape index (κ2) is 2.97. The van der Waals surface area contributed by atoms with Crippen LogP contribution in [0.3, 0.4) is 0 Å². The molecule has 2 nitrogen and oxygen atoms in total. The number of allylic oxidation sites excluding steroid dienone is 3. The van der Waals surface area contributed by atoms with E-state index in [-0.39, 0.29) is 11.5 Å². The average molecular weight is 174 g/mol. The van der Waals surface area contributed by atoms with Crippen LogP contribution in [0.2, 0.25) is 0 Å². The first-order valence-corrected chi connectivity index (χ1v) is 3.34. The van der Waals surface area contributed by atoms with Gasteiger partial charge in [0.05, 0.1) is 0 Å². The third kappa shape index (κ3) is 1.64. The van der Waals surface area contributed by atoms with Crippen LogP contribution in [0.4, 0.5) is 8.78 Å². The zero-order valence-electron chi connectivity index (χ0n) is 6.51. The summed E-state index contributed by atoms with van der Waals surface area (Å²) < 4.78 is 33.1. The van der Waals surface area contributed by atoms with Gasteiger partial charge in [-0.05, 0) is 19.1 Å². The molecule has 0 amide bonds. The molecule has 1 rings (SSSR count). The van der Waals surface area contributed by atoms with Crippen molar-refractivity contribution < 1.29 is 18.3 Å². The fourth-order valence-corrected chi connectivity index (χ4v) is 0.787. The lowest BCUT2D eigenvalue weighted by molar-refractivity contribution is -0.335. The van der Waals surface area contributed by atoms with Crippen LogP contribution < -0.4 is 0 Å². The van der Waals surface area contributed by atoms with Crippen molar-refractivity contribution in [3.8, 4) is 0 Å². The molecule has 1 aliphatic heterocycles. The van der Waals surface area contributed by atoms with Gasteiger partial charge in [-0.25, -0.2) is 0 Å². The Morgan fingerprint density at radius 3 is 2.42 bits per heavy atom. The van der Waals surface area contributed by atoms with Crippen molar-refractivity contribution in [3.05, 3.63) is 36.3 Å². The first-order chi connectivity index (χ1) is 5.59. The van der Waals surface area contributed by atoms with Crippen molar-refractivity contribution >= 4 is 0 Å². The maximum Gasteiger partial charge on any atom is 0.586 e. The van der Waals surface area contributed by atoms with Crippen molar-refractivity contribution in [2.24, 2.45) is 0 Å². The molecule has 4 heteroatoms. The molecule has 0 unspecified atom stereocenters. The molecular weight excluding hydrogens is 166 g/mol. The summed E-state index contributed by atoms with van der Waals surface area (Å²) in [4.78, 5) is 0. The van der Waals surface area contributed by atoms with Gasteiger partial charge in [-0.15, -0.1) is 8.78 Å². The molecule has 0 saturated carbocycles. The van der Waals surface area contributed by atoms with Gasteiger partial charge in [-0.3, -0.25) is 0 Å². The highest BCUT2D eigenvalue weighted by Crippen LogP contribution is 2.34. The maximum absolute atomic E-state index is 12.4. The summed E-state index contributed by atoms with van der Waals surface area (Å²) in [7, 11) is 0. The third-order valence-electron chi connectivity index (χ3n) is 1.20. The molecule has 12 heavy (non-hydrogen) atoms.